The standard InChI is InChI=1S/C17H18N2OS/c1-2-18-10-15-16(11-7-8-11)19-17(21-15)14-9-12-5-3-4-6-13(12)20-14/h3-6,9,11,18H,2,7-8,10H2,1H3. The van der Waals surface area contributed by atoms with Gasteiger partial charge in [-0.2, -0.15) is 0 Å². The summed E-state index contributed by atoms with van der Waals surface area (Å²) in [6.07, 6.45) is 2.56. The van der Waals surface area contributed by atoms with Crippen LogP contribution in [0.3, 0.4) is 0 Å². The Balaban J connectivity index is 1.73. The fraction of sp³-hybridized carbons (Fsp3) is 0.353. The van der Waals surface area contributed by atoms with E-state index in [0.717, 1.165) is 34.8 Å². The van der Waals surface area contributed by atoms with Gasteiger partial charge in [0.2, 0.25) is 0 Å². The van der Waals surface area contributed by atoms with Gasteiger partial charge >= 0.3 is 0 Å². The lowest BCUT2D eigenvalue weighted by atomic mass is 10.2. The van der Waals surface area contributed by atoms with Crippen LogP contribution < -0.4 is 5.32 Å². The molecular formula is C17H18N2OS. The fourth-order valence-electron chi connectivity index (χ4n) is 2.60. The average molecular weight is 298 g/mol. The Morgan fingerprint density at radius 2 is 2.19 bits per heavy atom. The van der Waals surface area contributed by atoms with E-state index >= 15 is 0 Å². The summed E-state index contributed by atoms with van der Waals surface area (Å²) in [5, 5.41) is 5.58. The van der Waals surface area contributed by atoms with Crippen LogP contribution in [0.4, 0.5) is 0 Å². The van der Waals surface area contributed by atoms with Gasteiger partial charge in [0.15, 0.2) is 10.8 Å². The van der Waals surface area contributed by atoms with E-state index in [1.165, 1.54) is 23.4 Å². The molecule has 0 aliphatic heterocycles. The molecule has 0 atom stereocenters. The number of thiazole rings is 1. The van der Waals surface area contributed by atoms with Gasteiger partial charge in [0, 0.05) is 22.7 Å². The van der Waals surface area contributed by atoms with Crippen molar-refractivity contribution in [3.05, 3.63) is 40.9 Å². The molecule has 2 aromatic heterocycles. The minimum absolute atomic E-state index is 0.674. The molecule has 4 rings (SSSR count). The monoisotopic (exact) mass is 298 g/mol. The van der Waals surface area contributed by atoms with Gasteiger partial charge in [0.05, 0.1) is 5.69 Å². The van der Waals surface area contributed by atoms with Crippen LogP contribution in [-0.4, -0.2) is 11.5 Å². The maximum absolute atomic E-state index is 5.95. The van der Waals surface area contributed by atoms with Crippen molar-refractivity contribution in [2.24, 2.45) is 0 Å². The molecule has 1 N–H and O–H groups in total. The molecule has 0 saturated heterocycles. The molecule has 0 unspecified atom stereocenters. The molecule has 108 valence electrons. The van der Waals surface area contributed by atoms with Crippen molar-refractivity contribution >= 4 is 22.3 Å². The summed E-state index contributed by atoms with van der Waals surface area (Å²) in [6, 6.07) is 10.2. The van der Waals surface area contributed by atoms with E-state index in [4.69, 9.17) is 9.40 Å². The van der Waals surface area contributed by atoms with E-state index < -0.39 is 0 Å². The van der Waals surface area contributed by atoms with Crippen molar-refractivity contribution in [1.82, 2.24) is 10.3 Å². The summed E-state index contributed by atoms with van der Waals surface area (Å²) >= 11 is 1.77. The highest BCUT2D eigenvalue weighted by molar-refractivity contribution is 7.15. The Labute approximate surface area is 128 Å². The molecule has 1 fully saturated rings. The maximum Gasteiger partial charge on any atom is 0.164 e. The number of nitrogens with zero attached hydrogens (tertiary/aromatic N) is 1. The van der Waals surface area contributed by atoms with Gasteiger partial charge in [-0.25, -0.2) is 4.98 Å². The molecule has 2 heterocycles. The lowest BCUT2D eigenvalue weighted by Crippen LogP contribution is -2.11. The number of nitrogens with one attached hydrogen (secondary N) is 1. The zero-order valence-corrected chi connectivity index (χ0v) is 12.9. The first-order chi connectivity index (χ1) is 10.3. The Hall–Kier alpha value is -1.65. The van der Waals surface area contributed by atoms with Crippen LogP contribution in [0.1, 0.15) is 36.3 Å². The highest BCUT2D eigenvalue weighted by Crippen LogP contribution is 2.44. The number of para-hydroxylation sites is 1. The summed E-state index contributed by atoms with van der Waals surface area (Å²) in [7, 11) is 0. The van der Waals surface area contributed by atoms with Crippen LogP contribution in [0.15, 0.2) is 34.7 Å². The molecule has 0 radical (unpaired) electrons. The molecule has 1 aromatic carbocycles. The molecule has 0 bridgehead atoms. The van der Waals surface area contributed by atoms with Crippen LogP contribution in [0.2, 0.25) is 0 Å². The Morgan fingerprint density at radius 1 is 1.33 bits per heavy atom. The van der Waals surface area contributed by atoms with Gasteiger partial charge in [-0.1, -0.05) is 25.1 Å². The van der Waals surface area contributed by atoms with Crippen molar-refractivity contribution in [3.63, 3.8) is 0 Å². The van der Waals surface area contributed by atoms with Gasteiger partial charge in [-0.05, 0) is 31.5 Å². The molecule has 1 aliphatic carbocycles. The second kappa shape index (κ2) is 5.28. The lowest BCUT2D eigenvalue weighted by molar-refractivity contribution is 0.630. The molecule has 4 heteroatoms. The first-order valence-electron chi connectivity index (χ1n) is 7.54. The van der Waals surface area contributed by atoms with Crippen LogP contribution >= 0.6 is 11.3 Å². The Kier molecular flexibility index (Phi) is 3.28. The second-order valence-corrected chi connectivity index (χ2v) is 6.61. The maximum atomic E-state index is 5.95. The molecule has 0 amide bonds. The molecule has 1 aliphatic rings. The third kappa shape index (κ3) is 2.49. The third-order valence-corrected chi connectivity index (χ3v) is 4.95. The number of aromatic nitrogens is 1. The smallest absolute Gasteiger partial charge is 0.164 e. The van der Waals surface area contributed by atoms with Crippen molar-refractivity contribution in [2.75, 3.05) is 6.54 Å². The Bertz CT molecular complexity index is 737. The average Bonchev–Trinajstić information content (AvgIpc) is 3.12. The highest BCUT2D eigenvalue weighted by Gasteiger charge is 2.30. The largest absolute Gasteiger partial charge is 0.454 e. The van der Waals surface area contributed by atoms with Crippen LogP contribution in [0.25, 0.3) is 21.7 Å². The van der Waals surface area contributed by atoms with Crippen molar-refractivity contribution in [2.45, 2.75) is 32.2 Å². The second-order valence-electron chi connectivity index (χ2n) is 5.53. The van der Waals surface area contributed by atoms with Crippen molar-refractivity contribution < 1.29 is 4.42 Å². The minimum Gasteiger partial charge on any atom is -0.454 e. The van der Waals surface area contributed by atoms with Crippen molar-refractivity contribution in [3.8, 4) is 10.8 Å². The number of hydrogen-bond donors (Lipinski definition) is 1. The number of hydrogen-bond acceptors (Lipinski definition) is 4. The predicted octanol–water partition coefficient (Wildman–Crippen LogP) is 4.54. The topological polar surface area (TPSA) is 38.1 Å². The van der Waals surface area contributed by atoms with E-state index in [9.17, 15) is 0 Å². The molecular weight excluding hydrogens is 280 g/mol. The number of rotatable bonds is 5. The summed E-state index contributed by atoms with van der Waals surface area (Å²) in [5.41, 5.74) is 2.22. The number of benzene rings is 1. The molecule has 3 aromatic rings. The minimum atomic E-state index is 0.674. The summed E-state index contributed by atoms with van der Waals surface area (Å²) in [6.45, 7) is 4.04. The van der Waals surface area contributed by atoms with Gasteiger partial charge < -0.3 is 9.73 Å². The van der Waals surface area contributed by atoms with Gasteiger partial charge in [0.1, 0.15) is 5.58 Å². The van der Waals surface area contributed by atoms with E-state index in [0.29, 0.717) is 5.92 Å². The quantitative estimate of drug-likeness (QED) is 0.751. The normalized spacial score (nSPS) is 14.9. The molecule has 0 spiro atoms. The van der Waals surface area contributed by atoms with Crippen molar-refractivity contribution in [1.29, 1.82) is 0 Å². The SMILES string of the molecule is CCNCc1sc(-c2cc3ccccc3o2)nc1C1CC1. The molecule has 1 saturated carbocycles. The van der Waals surface area contributed by atoms with Gasteiger partial charge in [0.25, 0.3) is 0 Å². The zero-order chi connectivity index (χ0) is 14.2. The van der Waals surface area contributed by atoms with E-state index in [-0.39, 0.29) is 0 Å². The fourth-order valence-corrected chi connectivity index (χ4v) is 3.67. The first-order valence-corrected chi connectivity index (χ1v) is 8.36. The van der Waals surface area contributed by atoms with Gasteiger partial charge in [-0.3, -0.25) is 0 Å². The lowest BCUT2D eigenvalue weighted by Gasteiger charge is -2.00. The predicted molar refractivity (Wildman–Crippen MR) is 86.7 cm³/mol. The molecule has 3 nitrogen and oxygen atoms in total. The molecule has 21 heavy (non-hydrogen) atoms. The number of furan rings is 1. The highest BCUT2D eigenvalue weighted by atomic mass is 32.1. The Morgan fingerprint density at radius 3 is 2.95 bits per heavy atom. The summed E-state index contributed by atoms with van der Waals surface area (Å²) in [5.74, 6) is 1.57. The number of fused-ring (bicyclic) bond motifs is 1. The van der Waals surface area contributed by atoms with E-state index in [2.05, 4.69) is 24.4 Å². The summed E-state index contributed by atoms with van der Waals surface area (Å²) < 4.78 is 5.95. The van der Waals surface area contributed by atoms with Crippen LogP contribution in [0.5, 0.6) is 0 Å². The van der Waals surface area contributed by atoms with Crippen LogP contribution in [0, 0.1) is 0 Å². The van der Waals surface area contributed by atoms with Gasteiger partial charge in [-0.15, -0.1) is 11.3 Å². The zero-order valence-electron chi connectivity index (χ0n) is 12.1. The van der Waals surface area contributed by atoms with E-state index in [1.807, 2.05) is 18.2 Å². The summed E-state index contributed by atoms with van der Waals surface area (Å²) in [4.78, 5) is 6.25. The third-order valence-electron chi connectivity index (χ3n) is 3.86. The first kappa shape index (κ1) is 13.0. The van der Waals surface area contributed by atoms with Crippen LogP contribution in [-0.2, 0) is 6.54 Å². The van der Waals surface area contributed by atoms with E-state index in [1.54, 1.807) is 11.3 Å².